The van der Waals surface area contributed by atoms with E-state index in [4.69, 9.17) is 5.26 Å². The molecule has 1 aliphatic rings. The van der Waals surface area contributed by atoms with Crippen LogP contribution in [0, 0.1) is 21.4 Å². The van der Waals surface area contributed by atoms with Gasteiger partial charge in [0, 0.05) is 23.4 Å². The second-order valence-corrected chi connectivity index (χ2v) is 5.37. The zero-order chi connectivity index (χ0) is 18.8. The van der Waals surface area contributed by atoms with E-state index in [1.54, 1.807) is 6.07 Å². The van der Waals surface area contributed by atoms with Crippen molar-refractivity contribution < 1.29 is 19.3 Å². The summed E-state index contributed by atoms with van der Waals surface area (Å²) >= 11 is 0. The second-order valence-electron chi connectivity index (χ2n) is 5.37. The van der Waals surface area contributed by atoms with Gasteiger partial charge in [0.1, 0.15) is 6.54 Å². The zero-order valence-electron chi connectivity index (χ0n) is 13.1. The predicted molar refractivity (Wildman–Crippen MR) is 88.5 cm³/mol. The highest BCUT2D eigenvalue weighted by molar-refractivity contribution is 6.22. The number of fused-ring (bicyclic) bond motifs is 1. The van der Waals surface area contributed by atoms with Crippen LogP contribution >= 0.6 is 0 Å². The van der Waals surface area contributed by atoms with Crippen molar-refractivity contribution in [1.82, 2.24) is 4.90 Å². The Hall–Kier alpha value is -4.06. The molecular weight excluding hydrogens is 340 g/mol. The monoisotopic (exact) mass is 350 g/mol. The fraction of sp³-hybridized carbons (Fsp3) is 0.0588. The number of non-ortho nitro benzene ring substituents is 1. The molecule has 2 aromatic rings. The minimum atomic E-state index is -0.599. The van der Waals surface area contributed by atoms with Crippen LogP contribution in [0.4, 0.5) is 11.4 Å². The number of carbonyl (C=O) groups is 3. The summed E-state index contributed by atoms with van der Waals surface area (Å²) in [7, 11) is 0. The number of nitriles is 1. The van der Waals surface area contributed by atoms with Crippen molar-refractivity contribution >= 4 is 29.1 Å². The Bertz CT molecular complexity index is 991. The van der Waals surface area contributed by atoms with Crippen molar-refractivity contribution in [3.63, 3.8) is 0 Å². The lowest BCUT2D eigenvalue weighted by atomic mass is 10.1. The van der Waals surface area contributed by atoms with Gasteiger partial charge < -0.3 is 5.32 Å². The van der Waals surface area contributed by atoms with E-state index in [1.807, 2.05) is 0 Å². The number of carbonyl (C=O) groups excluding carboxylic acids is 3. The molecule has 0 atom stereocenters. The lowest BCUT2D eigenvalue weighted by Crippen LogP contribution is -2.29. The van der Waals surface area contributed by atoms with Gasteiger partial charge in [-0.1, -0.05) is 0 Å². The predicted octanol–water partition coefficient (Wildman–Crippen LogP) is 1.97. The van der Waals surface area contributed by atoms with Crippen LogP contribution in [0.1, 0.15) is 31.1 Å². The van der Waals surface area contributed by atoms with Gasteiger partial charge in [0.2, 0.25) is 0 Å². The Balaban J connectivity index is 1.81. The van der Waals surface area contributed by atoms with Crippen LogP contribution in [0.25, 0.3) is 0 Å². The van der Waals surface area contributed by atoms with E-state index in [0.717, 1.165) is 4.90 Å². The summed E-state index contributed by atoms with van der Waals surface area (Å²) < 4.78 is 0. The number of benzene rings is 2. The van der Waals surface area contributed by atoms with Gasteiger partial charge in [-0.3, -0.25) is 29.4 Å². The number of nitrogens with one attached hydrogen (secondary N) is 1. The molecule has 0 fully saturated rings. The molecule has 0 saturated heterocycles. The minimum absolute atomic E-state index is 0.103. The molecule has 9 nitrogen and oxygen atoms in total. The molecule has 3 rings (SSSR count). The first-order chi connectivity index (χ1) is 12.4. The molecule has 2 aromatic carbocycles. The third-order valence-electron chi connectivity index (χ3n) is 3.80. The molecule has 0 radical (unpaired) electrons. The Morgan fingerprint density at radius 2 is 1.77 bits per heavy atom. The Morgan fingerprint density at radius 3 is 2.38 bits per heavy atom. The molecule has 0 unspecified atom stereocenters. The van der Waals surface area contributed by atoms with Crippen LogP contribution in [0.2, 0.25) is 0 Å². The summed E-state index contributed by atoms with van der Waals surface area (Å²) in [5.41, 5.74) is 0.614. The van der Waals surface area contributed by atoms with Gasteiger partial charge in [0.25, 0.3) is 23.4 Å². The summed E-state index contributed by atoms with van der Waals surface area (Å²) in [6.07, 6.45) is 0. The quantitative estimate of drug-likeness (QED) is 0.388. The fourth-order valence-electron chi connectivity index (χ4n) is 2.52. The third-order valence-corrected chi connectivity index (χ3v) is 3.80. The summed E-state index contributed by atoms with van der Waals surface area (Å²) in [5, 5.41) is 21.9. The van der Waals surface area contributed by atoms with E-state index in [9.17, 15) is 24.5 Å². The first-order valence-corrected chi connectivity index (χ1v) is 7.35. The molecule has 26 heavy (non-hydrogen) atoms. The summed E-state index contributed by atoms with van der Waals surface area (Å²) in [5.74, 6) is -1.68. The van der Waals surface area contributed by atoms with Crippen molar-refractivity contribution in [3.8, 4) is 6.07 Å². The molecule has 1 N–H and O–H groups in total. The van der Waals surface area contributed by atoms with Gasteiger partial charge in [-0.15, -0.1) is 0 Å². The highest BCUT2D eigenvalue weighted by atomic mass is 16.6. The number of amides is 3. The maximum Gasteiger partial charge on any atom is 0.269 e. The first-order valence-electron chi connectivity index (χ1n) is 7.35. The van der Waals surface area contributed by atoms with Gasteiger partial charge in [0.05, 0.1) is 22.1 Å². The lowest BCUT2D eigenvalue weighted by Gasteiger charge is -2.07. The molecule has 0 aliphatic carbocycles. The number of hydrogen-bond acceptors (Lipinski definition) is 6. The van der Waals surface area contributed by atoms with Gasteiger partial charge in [-0.05, 0) is 30.3 Å². The molecule has 0 bridgehead atoms. The van der Waals surface area contributed by atoms with E-state index in [0.29, 0.717) is 0 Å². The normalized spacial score (nSPS) is 12.5. The molecule has 9 heteroatoms. The second kappa shape index (κ2) is 6.45. The average molecular weight is 350 g/mol. The van der Waals surface area contributed by atoms with Crippen LogP contribution in [0.5, 0.6) is 0 Å². The van der Waals surface area contributed by atoms with Crippen molar-refractivity contribution in [2.45, 2.75) is 0 Å². The largest absolute Gasteiger partial charge is 0.322 e. The smallest absolute Gasteiger partial charge is 0.269 e. The SMILES string of the molecule is N#CCN1C(=O)c2ccc(NC(=O)c3ccc([N+](=O)[O-])cc3)cc2C1=O. The summed E-state index contributed by atoms with van der Waals surface area (Å²) in [4.78, 5) is 47.3. The van der Waals surface area contributed by atoms with Crippen LogP contribution in [0.3, 0.4) is 0 Å². The number of nitrogens with zero attached hydrogens (tertiary/aromatic N) is 3. The molecular formula is C17H10N4O5. The summed E-state index contributed by atoms with van der Waals surface area (Å²) in [6, 6.07) is 11.0. The van der Waals surface area contributed by atoms with Gasteiger partial charge in [-0.2, -0.15) is 5.26 Å². The fourth-order valence-corrected chi connectivity index (χ4v) is 2.52. The van der Waals surface area contributed by atoms with E-state index in [1.165, 1.54) is 42.5 Å². The van der Waals surface area contributed by atoms with E-state index >= 15 is 0 Å². The van der Waals surface area contributed by atoms with Crippen molar-refractivity contribution in [2.24, 2.45) is 0 Å². The summed E-state index contributed by atoms with van der Waals surface area (Å²) in [6.45, 7) is -0.350. The van der Waals surface area contributed by atoms with Gasteiger partial charge in [-0.25, -0.2) is 0 Å². The molecule has 0 spiro atoms. The number of imide groups is 1. The molecule has 0 aromatic heterocycles. The maximum atomic E-state index is 12.2. The van der Waals surface area contributed by atoms with Gasteiger partial charge in [0.15, 0.2) is 0 Å². The van der Waals surface area contributed by atoms with E-state index in [2.05, 4.69) is 5.32 Å². The molecule has 1 heterocycles. The van der Waals surface area contributed by atoms with Crippen LogP contribution in [0.15, 0.2) is 42.5 Å². The maximum absolute atomic E-state index is 12.2. The minimum Gasteiger partial charge on any atom is -0.322 e. The number of rotatable bonds is 4. The van der Waals surface area contributed by atoms with Crippen LogP contribution < -0.4 is 5.32 Å². The number of anilines is 1. The average Bonchev–Trinajstić information content (AvgIpc) is 2.86. The van der Waals surface area contributed by atoms with E-state index < -0.39 is 22.6 Å². The number of nitro benzene ring substituents is 1. The van der Waals surface area contributed by atoms with Crippen LogP contribution in [-0.2, 0) is 0 Å². The molecule has 1 aliphatic heterocycles. The highest BCUT2D eigenvalue weighted by Gasteiger charge is 2.35. The third kappa shape index (κ3) is 2.87. The van der Waals surface area contributed by atoms with Gasteiger partial charge >= 0.3 is 0 Å². The van der Waals surface area contributed by atoms with Crippen LogP contribution in [-0.4, -0.2) is 34.1 Å². The van der Waals surface area contributed by atoms with E-state index in [-0.39, 0.29) is 34.6 Å². The first kappa shape index (κ1) is 16.8. The molecule has 128 valence electrons. The Kier molecular flexibility index (Phi) is 4.16. The zero-order valence-corrected chi connectivity index (χ0v) is 13.1. The van der Waals surface area contributed by atoms with Crippen molar-refractivity contribution in [3.05, 3.63) is 69.3 Å². The number of hydrogen-bond donors (Lipinski definition) is 1. The van der Waals surface area contributed by atoms with Crippen molar-refractivity contribution in [2.75, 3.05) is 11.9 Å². The van der Waals surface area contributed by atoms with Crippen molar-refractivity contribution in [1.29, 1.82) is 5.26 Å². The standard InChI is InChI=1S/C17H10N4O5/c18-7-8-20-16(23)13-6-3-11(9-14(13)17(20)24)19-15(22)10-1-4-12(5-2-10)21(25)26/h1-6,9H,8H2,(H,19,22). The highest BCUT2D eigenvalue weighted by Crippen LogP contribution is 2.26. The molecule has 0 saturated carbocycles. The lowest BCUT2D eigenvalue weighted by molar-refractivity contribution is -0.384. The number of nitro groups is 1. The Morgan fingerprint density at radius 1 is 1.12 bits per heavy atom. The molecule has 3 amide bonds. The Labute approximate surface area is 146 Å². The topological polar surface area (TPSA) is 133 Å².